The number of hydrogen-bond acceptors (Lipinski definition) is 4. The van der Waals surface area contributed by atoms with Crippen molar-refractivity contribution in [1.29, 1.82) is 0 Å². The summed E-state index contributed by atoms with van der Waals surface area (Å²) in [5.41, 5.74) is 6.09. The zero-order valence-electron chi connectivity index (χ0n) is 12.0. The molecule has 3 N–H and O–H groups in total. The average molecular weight is 264 g/mol. The maximum Gasteiger partial charge on any atom is 0.255 e. The minimum atomic E-state index is -0.150. The molecule has 0 spiro atoms. The molecule has 1 heterocycles. The van der Waals surface area contributed by atoms with Crippen LogP contribution in [0.25, 0.3) is 0 Å². The SMILES string of the molecule is CC(C)N(C)CCCCNC(=O)c1cccnc1N. The van der Waals surface area contributed by atoms with Gasteiger partial charge in [-0.15, -0.1) is 0 Å². The van der Waals surface area contributed by atoms with Crippen molar-refractivity contribution >= 4 is 11.7 Å². The van der Waals surface area contributed by atoms with Crippen molar-refractivity contribution < 1.29 is 4.79 Å². The summed E-state index contributed by atoms with van der Waals surface area (Å²) in [6.45, 7) is 6.06. The monoisotopic (exact) mass is 264 g/mol. The molecular weight excluding hydrogens is 240 g/mol. The van der Waals surface area contributed by atoms with E-state index in [-0.39, 0.29) is 11.7 Å². The lowest BCUT2D eigenvalue weighted by Crippen LogP contribution is -2.29. The van der Waals surface area contributed by atoms with Gasteiger partial charge in [-0.25, -0.2) is 4.98 Å². The van der Waals surface area contributed by atoms with Crippen LogP contribution in [0.5, 0.6) is 0 Å². The minimum Gasteiger partial charge on any atom is -0.383 e. The third kappa shape index (κ3) is 5.26. The first-order chi connectivity index (χ1) is 9.02. The van der Waals surface area contributed by atoms with Crippen molar-refractivity contribution in [2.45, 2.75) is 32.7 Å². The second-order valence-electron chi connectivity index (χ2n) is 4.97. The first-order valence-electron chi connectivity index (χ1n) is 6.71. The van der Waals surface area contributed by atoms with Crippen LogP contribution in [0, 0.1) is 0 Å². The van der Waals surface area contributed by atoms with Gasteiger partial charge in [-0.1, -0.05) is 0 Å². The van der Waals surface area contributed by atoms with Gasteiger partial charge in [0.1, 0.15) is 5.82 Å². The van der Waals surface area contributed by atoms with Crippen LogP contribution in [0.4, 0.5) is 5.82 Å². The van der Waals surface area contributed by atoms with Crippen molar-refractivity contribution in [1.82, 2.24) is 15.2 Å². The average Bonchev–Trinajstić information content (AvgIpc) is 2.38. The van der Waals surface area contributed by atoms with E-state index < -0.39 is 0 Å². The van der Waals surface area contributed by atoms with Crippen LogP contribution >= 0.6 is 0 Å². The Hall–Kier alpha value is -1.62. The lowest BCUT2D eigenvalue weighted by atomic mass is 10.2. The maximum absolute atomic E-state index is 11.8. The summed E-state index contributed by atoms with van der Waals surface area (Å²) in [6, 6.07) is 3.96. The van der Waals surface area contributed by atoms with E-state index in [0.717, 1.165) is 19.4 Å². The summed E-state index contributed by atoms with van der Waals surface area (Å²) in [5, 5.41) is 2.87. The number of nitrogens with zero attached hydrogens (tertiary/aromatic N) is 2. The molecule has 5 heteroatoms. The first-order valence-corrected chi connectivity index (χ1v) is 6.71. The Bertz CT molecular complexity index is 406. The lowest BCUT2D eigenvalue weighted by molar-refractivity contribution is 0.0953. The Morgan fingerprint density at radius 2 is 2.21 bits per heavy atom. The number of pyridine rings is 1. The summed E-state index contributed by atoms with van der Waals surface area (Å²) < 4.78 is 0. The summed E-state index contributed by atoms with van der Waals surface area (Å²) >= 11 is 0. The zero-order valence-corrected chi connectivity index (χ0v) is 12.0. The first kappa shape index (κ1) is 15.4. The molecule has 1 rings (SSSR count). The fraction of sp³-hybridized carbons (Fsp3) is 0.571. The van der Waals surface area contributed by atoms with Crippen molar-refractivity contribution in [3.8, 4) is 0 Å². The van der Waals surface area contributed by atoms with Crippen LogP contribution in [-0.2, 0) is 0 Å². The third-order valence-corrected chi connectivity index (χ3v) is 3.19. The van der Waals surface area contributed by atoms with Gasteiger partial charge >= 0.3 is 0 Å². The molecule has 0 saturated heterocycles. The smallest absolute Gasteiger partial charge is 0.255 e. The number of amides is 1. The number of carbonyl (C=O) groups excluding carboxylic acids is 1. The number of aromatic nitrogens is 1. The Balaban J connectivity index is 2.23. The van der Waals surface area contributed by atoms with Gasteiger partial charge in [0.15, 0.2) is 0 Å². The molecule has 0 fully saturated rings. The van der Waals surface area contributed by atoms with E-state index in [0.29, 0.717) is 18.2 Å². The third-order valence-electron chi connectivity index (χ3n) is 3.19. The molecule has 1 aromatic heterocycles. The van der Waals surface area contributed by atoms with E-state index in [9.17, 15) is 4.79 Å². The van der Waals surface area contributed by atoms with Crippen LogP contribution in [0.3, 0.4) is 0 Å². The normalized spacial score (nSPS) is 11.0. The highest BCUT2D eigenvalue weighted by molar-refractivity contribution is 5.98. The van der Waals surface area contributed by atoms with Crippen molar-refractivity contribution in [3.63, 3.8) is 0 Å². The number of nitrogens with one attached hydrogen (secondary N) is 1. The molecular formula is C14H24N4O. The standard InChI is InChI=1S/C14H24N4O/c1-11(2)18(3)10-5-4-8-17-14(19)12-7-6-9-16-13(12)15/h6-7,9,11H,4-5,8,10H2,1-3H3,(H2,15,16)(H,17,19). The molecule has 0 aliphatic heterocycles. The minimum absolute atomic E-state index is 0.150. The highest BCUT2D eigenvalue weighted by Crippen LogP contribution is 2.06. The molecule has 1 amide bonds. The van der Waals surface area contributed by atoms with Crippen LogP contribution in [0.2, 0.25) is 0 Å². The summed E-state index contributed by atoms with van der Waals surface area (Å²) in [5.74, 6) is 0.127. The lowest BCUT2D eigenvalue weighted by Gasteiger charge is -2.20. The number of rotatable bonds is 7. The van der Waals surface area contributed by atoms with Crippen molar-refractivity contribution in [2.75, 3.05) is 25.9 Å². The number of nitrogen functional groups attached to an aromatic ring is 1. The second kappa shape index (κ2) is 7.74. The predicted octanol–water partition coefficient (Wildman–Crippen LogP) is 1.51. The fourth-order valence-electron chi connectivity index (χ4n) is 1.65. The van der Waals surface area contributed by atoms with Crippen LogP contribution in [0.1, 0.15) is 37.0 Å². The molecule has 1 aromatic rings. The Morgan fingerprint density at radius 3 is 2.84 bits per heavy atom. The van der Waals surface area contributed by atoms with E-state index in [2.05, 4.69) is 36.1 Å². The molecule has 5 nitrogen and oxygen atoms in total. The maximum atomic E-state index is 11.8. The van der Waals surface area contributed by atoms with E-state index in [1.54, 1.807) is 18.3 Å². The number of carbonyl (C=O) groups is 1. The quantitative estimate of drug-likeness (QED) is 0.732. The van der Waals surface area contributed by atoms with Gasteiger partial charge in [-0.3, -0.25) is 4.79 Å². The topological polar surface area (TPSA) is 71.2 Å². The number of nitrogens with two attached hydrogens (primary N) is 1. The molecule has 0 radical (unpaired) electrons. The number of hydrogen-bond donors (Lipinski definition) is 2. The van der Waals surface area contributed by atoms with Gasteiger partial charge in [-0.05, 0) is 52.4 Å². The molecule has 0 bridgehead atoms. The van der Waals surface area contributed by atoms with Gasteiger partial charge in [0.2, 0.25) is 0 Å². The molecule has 0 atom stereocenters. The molecule has 106 valence electrons. The van der Waals surface area contributed by atoms with Gasteiger partial charge in [-0.2, -0.15) is 0 Å². The Morgan fingerprint density at radius 1 is 1.47 bits per heavy atom. The van der Waals surface area contributed by atoms with Gasteiger partial charge in [0.05, 0.1) is 5.56 Å². The molecule has 0 saturated carbocycles. The summed E-state index contributed by atoms with van der Waals surface area (Å²) in [4.78, 5) is 18.0. The largest absolute Gasteiger partial charge is 0.383 e. The molecule has 0 aliphatic rings. The van der Waals surface area contributed by atoms with E-state index >= 15 is 0 Å². The van der Waals surface area contributed by atoms with E-state index in [1.165, 1.54) is 0 Å². The van der Waals surface area contributed by atoms with E-state index in [4.69, 9.17) is 5.73 Å². The summed E-state index contributed by atoms with van der Waals surface area (Å²) in [6.07, 6.45) is 3.61. The predicted molar refractivity (Wildman–Crippen MR) is 78.0 cm³/mol. The number of anilines is 1. The van der Waals surface area contributed by atoms with Gasteiger partial charge in [0.25, 0.3) is 5.91 Å². The zero-order chi connectivity index (χ0) is 14.3. The van der Waals surface area contributed by atoms with Crippen molar-refractivity contribution in [3.05, 3.63) is 23.9 Å². The van der Waals surface area contributed by atoms with Crippen LogP contribution in [-0.4, -0.2) is 42.0 Å². The summed E-state index contributed by atoms with van der Waals surface area (Å²) in [7, 11) is 2.11. The Labute approximate surface area is 115 Å². The molecule has 0 aliphatic carbocycles. The highest BCUT2D eigenvalue weighted by Gasteiger charge is 2.09. The highest BCUT2D eigenvalue weighted by atomic mass is 16.1. The van der Waals surface area contributed by atoms with Crippen LogP contribution < -0.4 is 11.1 Å². The second-order valence-corrected chi connectivity index (χ2v) is 4.97. The van der Waals surface area contributed by atoms with E-state index in [1.807, 2.05) is 0 Å². The van der Waals surface area contributed by atoms with Crippen molar-refractivity contribution in [2.24, 2.45) is 0 Å². The molecule has 19 heavy (non-hydrogen) atoms. The fourth-order valence-corrected chi connectivity index (χ4v) is 1.65. The van der Waals surface area contributed by atoms with Gasteiger partial charge < -0.3 is 16.0 Å². The number of unbranched alkanes of at least 4 members (excludes halogenated alkanes) is 1. The molecule has 0 unspecified atom stereocenters. The Kier molecular flexibility index (Phi) is 6.29. The van der Waals surface area contributed by atoms with Crippen LogP contribution in [0.15, 0.2) is 18.3 Å². The van der Waals surface area contributed by atoms with Gasteiger partial charge in [0, 0.05) is 18.8 Å². The molecule has 0 aromatic carbocycles.